The molecule has 2 amide bonds. The number of rotatable bonds is 8. The summed E-state index contributed by atoms with van der Waals surface area (Å²) < 4.78 is 0. The van der Waals surface area contributed by atoms with E-state index in [0.717, 1.165) is 12.0 Å². The quantitative estimate of drug-likeness (QED) is 0.641. The van der Waals surface area contributed by atoms with Crippen LogP contribution in [0.15, 0.2) is 54.8 Å². The highest BCUT2D eigenvalue weighted by atomic mass is 16.2. The maximum Gasteiger partial charge on any atom is 0.271 e. The van der Waals surface area contributed by atoms with Gasteiger partial charge in [0.25, 0.3) is 5.91 Å². The van der Waals surface area contributed by atoms with Crippen LogP contribution in [-0.4, -0.2) is 45.3 Å². The SMILES string of the molecule is CC1=C[C@@H](CNC(=O)c2cnccn2)[C@H](C(C)C)C[C@H]1CC(=O)N(C)Cc1cccnc1. The van der Waals surface area contributed by atoms with E-state index >= 15 is 0 Å². The summed E-state index contributed by atoms with van der Waals surface area (Å²) in [6.45, 7) is 7.64. The van der Waals surface area contributed by atoms with Crippen LogP contribution in [-0.2, 0) is 11.3 Å². The van der Waals surface area contributed by atoms with E-state index in [4.69, 9.17) is 0 Å². The largest absolute Gasteiger partial charge is 0.350 e. The molecule has 0 bridgehead atoms. The number of carbonyl (C=O) groups excluding carboxylic acids is 2. The second-order valence-electron chi connectivity index (χ2n) is 9.03. The lowest BCUT2D eigenvalue weighted by atomic mass is 9.69. The molecule has 7 nitrogen and oxygen atoms in total. The third-order valence-electron chi connectivity index (χ3n) is 6.37. The summed E-state index contributed by atoms with van der Waals surface area (Å²) in [7, 11) is 1.85. The number of allylic oxidation sites excluding steroid dienone is 1. The van der Waals surface area contributed by atoms with Gasteiger partial charge in [-0.25, -0.2) is 4.98 Å². The van der Waals surface area contributed by atoms with Crippen molar-refractivity contribution < 1.29 is 9.59 Å². The Bertz CT molecular complexity index is 930. The molecule has 2 heterocycles. The first-order valence-electron chi connectivity index (χ1n) is 11.2. The van der Waals surface area contributed by atoms with Gasteiger partial charge in [0.15, 0.2) is 0 Å². The summed E-state index contributed by atoms with van der Waals surface area (Å²) in [5, 5.41) is 3.01. The highest BCUT2D eigenvalue weighted by Crippen LogP contribution is 2.39. The van der Waals surface area contributed by atoms with Crippen LogP contribution in [0.3, 0.4) is 0 Å². The summed E-state index contributed by atoms with van der Waals surface area (Å²) >= 11 is 0. The Morgan fingerprint density at radius 2 is 1.97 bits per heavy atom. The fraction of sp³-hybridized carbons (Fsp3) is 0.480. The van der Waals surface area contributed by atoms with Crippen LogP contribution in [0, 0.1) is 23.7 Å². The molecule has 0 radical (unpaired) electrons. The fourth-order valence-electron chi connectivity index (χ4n) is 4.45. The molecule has 3 atom stereocenters. The molecule has 2 aromatic rings. The Morgan fingerprint density at radius 1 is 1.19 bits per heavy atom. The van der Waals surface area contributed by atoms with Crippen molar-refractivity contribution in [3.05, 3.63) is 66.0 Å². The summed E-state index contributed by atoms with van der Waals surface area (Å²) in [4.78, 5) is 39.2. The third-order valence-corrected chi connectivity index (χ3v) is 6.37. The molecule has 32 heavy (non-hydrogen) atoms. The Hall–Kier alpha value is -3.09. The minimum atomic E-state index is -0.207. The van der Waals surface area contributed by atoms with Crippen molar-refractivity contribution in [2.24, 2.45) is 23.7 Å². The van der Waals surface area contributed by atoms with Gasteiger partial charge >= 0.3 is 0 Å². The summed E-state index contributed by atoms with van der Waals surface area (Å²) in [5.74, 6) is 1.23. The standard InChI is InChI=1S/C25H33N5O2/c1-17(2)22-11-20(12-24(31)30(4)16-19-6-5-7-26-13-19)18(3)10-21(22)14-29-25(32)23-15-27-8-9-28-23/h5-10,13,15,17,20-22H,11-12,14,16H2,1-4H3,(H,29,32)/t20-,21-,22-/m0/s1. The fourth-order valence-corrected chi connectivity index (χ4v) is 4.45. The van der Waals surface area contributed by atoms with Crippen LogP contribution in [0.25, 0.3) is 0 Å². The van der Waals surface area contributed by atoms with Gasteiger partial charge in [-0.15, -0.1) is 0 Å². The van der Waals surface area contributed by atoms with Crippen molar-refractivity contribution in [3.8, 4) is 0 Å². The van der Waals surface area contributed by atoms with E-state index in [-0.39, 0.29) is 23.7 Å². The molecule has 7 heteroatoms. The van der Waals surface area contributed by atoms with Gasteiger partial charge in [0.05, 0.1) is 6.20 Å². The number of carbonyl (C=O) groups is 2. The van der Waals surface area contributed by atoms with Crippen LogP contribution < -0.4 is 5.32 Å². The number of nitrogens with one attached hydrogen (secondary N) is 1. The molecule has 3 rings (SSSR count). The van der Waals surface area contributed by atoms with Crippen molar-refractivity contribution in [2.45, 2.75) is 40.2 Å². The monoisotopic (exact) mass is 435 g/mol. The molecule has 2 aromatic heterocycles. The molecule has 1 aliphatic carbocycles. The van der Waals surface area contributed by atoms with Gasteiger partial charge in [-0.1, -0.05) is 31.6 Å². The maximum atomic E-state index is 12.9. The molecule has 0 fully saturated rings. The highest BCUT2D eigenvalue weighted by molar-refractivity contribution is 5.91. The van der Waals surface area contributed by atoms with E-state index in [9.17, 15) is 9.59 Å². The van der Waals surface area contributed by atoms with E-state index in [1.54, 1.807) is 23.5 Å². The average molecular weight is 436 g/mol. The molecule has 1 N–H and O–H groups in total. The molecule has 0 spiro atoms. The van der Waals surface area contributed by atoms with Crippen LogP contribution >= 0.6 is 0 Å². The number of pyridine rings is 1. The van der Waals surface area contributed by atoms with Gasteiger partial charge in [-0.2, -0.15) is 0 Å². The average Bonchev–Trinajstić information content (AvgIpc) is 2.79. The molecule has 0 aliphatic heterocycles. The Kier molecular flexibility index (Phi) is 8.09. The van der Waals surface area contributed by atoms with E-state index < -0.39 is 0 Å². The first kappa shape index (κ1) is 23.6. The van der Waals surface area contributed by atoms with E-state index in [1.807, 2.05) is 19.2 Å². The predicted octanol–water partition coefficient (Wildman–Crippen LogP) is 3.50. The number of amides is 2. The van der Waals surface area contributed by atoms with Gasteiger partial charge in [0.2, 0.25) is 5.91 Å². The van der Waals surface area contributed by atoms with Crippen LogP contribution in [0.5, 0.6) is 0 Å². The number of hydrogen-bond donors (Lipinski definition) is 1. The van der Waals surface area contributed by atoms with E-state index in [1.165, 1.54) is 18.0 Å². The molecule has 0 unspecified atom stereocenters. The Morgan fingerprint density at radius 3 is 2.62 bits per heavy atom. The first-order valence-corrected chi connectivity index (χ1v) is 11.2. The lowest BCUT2D eigenvalue weighted by Crippen LogP contribution is -2.38. The van der Waals surface area contributed by atoms with Crippen molar-refractivity contribution in [3.63, 3.8) is 0 Å². The zero-order valence-corrected chi connectivity index (χ0v) is 19.4. The second kappa shape index (κ2) is 11.0. The van der Waals surface area contributed by atoms with Crippen LogP contribution in [0.4, 0.5) is 0 Å². The van der Waals surface area contributed by atoms with E-state index in [0.29, 0.717) is 37.0 Å². The van der Waals surface area contributed by atoms with Gasteiger partial charge in [-0.05, 0) is 48.6 Å². The third kappa shape index (κ3) is 6.22. The normalized spacial score (nSPS) is 20.5. The van der Waals surface area contributed by atoms with E-state index in [2.05, 4.69) is 47.1 Å². The predicted molar refractivity (Wildman–Crippen MR) is 123 cm³/mol. The lowest BCUT2D eigenvalue weighted by Gasteiger charge is -2.37. The van der Waals surface area contributed by atoms with Crippen molar-refractivity contribution in [1.29, 1.82) is 0 Å². The molecule has 0 saturated heterocycles. The molecule has 1 aliphatic rings. The van der Waals surface area contributed by atoms with Gasteiger partial charge in [0.1, 0.15) is 5.69 Å². The molecule has 170 valence electrons. The van der Waals surface area contributed by atoms with Gasteiger partial charge in [-0.3, -0.25) is 19.6 Å². The van der Waals surface area contributed by atoms with Gasteiger partial charge < -0.3 is 10.2 Å². The zero-order chi connectivity index (χ0) is 23.1. The minimum absolute atomic E-state index is 0.142. The van der Waals surface area contributed by atoms with Crippen molar-refractivity contribution in [2.75, 3.05) is 13.6 Å². The zero-order valence-electron chi connectivity index (χ0n) is 19.4. The Balaban J connectivity index is 1.61. The molecular weight excluding hydrogens is 402 g/mol. The molecular formula is C25H33N5O2. The molecule has 0 saturated carbocycles. The summed E-state index contributed by atoms with van der Waals surface area (Å²) in [6.07, 6.45) is 11.8. The van der Waals surface area contributed by atoms with Gasteiger partial charge in [0, 0.05) is 51.3 Å². The van der Waals surface area contributed by atoms with Crippen LogP contribution in [0.2, 0.25) is 0 Å². The summed E-state index contributed by atoms with van der Waals surface area (Å²) in [5.41, 5.74) is 2.58. The molecule has 0 aromatic carbocycles. The highest BCUT2D eigenvalue weighted by Gasteiger charge is 2.33. The Labute approximate surface area is 190 Å². The smallest absolute Gasteiger partial charge is 0.271 e. The number of aromatic nitrogens is 3. The minimum Gasteiger partial charge on any atom is -0.350 e. The topological polar surface area (TPSA) is 88.1 Å². The maximum absolute atomic E-state index is 12.9. The number of nitrogens with zero attached hydrogens (tertiary/aromatic N) is 4. The lowest BCUT2D eigenvalue weighted by molar-refractivity contribution is -0.131. The first-order chi connectivity index (χ1) is 15.3. The van der Waals surface area contributed by atoms with Crippen molar-refractivity contribution >= 4 is 11.8 Å². The summed E-state index contributed by atoms with van der Waals surface area (Å²) in [6, 6.07) is 3.87. The van der Waals surface area contributed by atoms with Crippen molar-refractivity contribution in [1.82, 2.24) is 25.2 Å². The number of hydrogen-bond acceptors (Lipinski definition) is 5. The van der Waals surface area contributed by atoms with Crippen LogP contribution in [0.1, 0.15) is 49.7 Å². The second-order valence-corrected chi connectivity index (χ2v) is 9.03.